The molecule has 7 nitrogen and oxygen atoms in total. The topological polar surface area (TPSA) is 85.9 Å². The van der Waals surface area contributed by atoms with Crippen molar-refractivity contribution in [3.8, 4) is 17.2 Å². The van der Waals surface area contributed by atoms with Gasteiger partial charge in [0.2, 0.25) is 0 Å². The van der Waals surface area contributed by atoms with Crippen molar-refractivity contribution in [3.63, 3.8) is 0 Å². The first-order chi connectivity index (χ1) is 15.4. The minimum absolute atomic E-state index is 0.0518. The summed E-state index contributed by atoms with van der Waals surface area (Å²) < 4.78 is 16.2. The first-order valence-electron chi connectivity index (χ1n) is 10.4. The predicted molar refractivity (Wildman–Crippen MR) is 123 cm³/mol. The van der Waals surface area contributed by atoms with E-state index in [2.05, 4.69) is 10.6 Å². The summed E-state index contributed by atoms with van der Waals surface area (Å²) in [6.45, 7) is -0.166. The third-order valence-corrected chi connectivity index (χ3v) is 5.61. The highest BCUT2D eigenvalue weighted by Crippen LogP contribution is 2.30. The molecule has 0 aliphatic heterocycles. The Balaban J connectivity index is 1.34. The van der Waals surface area contributed by atoms with Crippen LogP contribution in [0.25, 0.3) is 0 Å². The first kappa shape index (κ1) is 24.0. The quantitative estimate of drug-likeness (QED) is 0.566. The monoisotopic (exact) mass is 480 g/mol. The smallest absolute Gasteiger partial charge is 0.258 e. The van der Waals surface area contributed by atoms with Gasteiger partial charge in [-0.15, -0.1) is 0 Å². The van der Waals surface area contributed by atoms with Crippen LogP contribution < -0.4 is 24.8 Å². The lowest BCUT2D eigenvalue weighted by atomic mass is 9.91. The molecule has 32 heavy (non-hydrogen) atoms. The average Bonchev–Trinajstić information content (AvgIpc) is 2.79. The Labute approximate surface area is 197 Å². The molecule has 0 spiro atoms. The van der Waals surface area contributed by atoms with Crippen LogP contribution in [0.15, 0.2) is 42.5 Å². The summed E-state index contributed by atoms with van der Waals surface area (Å²) in [5.74, 6) is 1.15. The molecule has 1 aliphatic rings. The Kier molecular flexibility index (Phi) is 8.88. The molecular formula is C23H26Cl2N2O5. The molecule has 1 aliphatic carbocycles. The largest absolute Gasteiger partial charge is 0.493 e. The van der Waals surface area contributed by atoms with Crippen molar-refractivity contribution >= 4 is 35.0 Å². The Morgan fingerprint density at radius 1 is 0.812 bits per heavy atom. The number of ether oxygens (including phenoxy) is 3. The van der Waals surface area contributed by atoms with Crippen molar-refractivity contribution in [1.82, 2.24) is 10.6 Å². The van der Waals surface area contributed by atoms with Crippen LogP contribution >= 0.6 is 23.2 Å². The number of carbonyl (C=O) groups excluding carboxylic acids is 2. The number of carbonyl (C=O) groups is 2. The van der Waals surface area contributed by atoms with Gasteiger partial charge in [-0.3, -0.25) is 9.59 Å². The number of methoxy groups -OCH3 is 1. The van der Waals surface area contributed by atoms with Crippen LogP contribution in [0.1, 0.15) is 25.7 Å². The van der Waals surface area contributed by atoms with Crippen LogP contribution in [0.3, 0.4) is 0 Å². The zero-order valence-electron chi connectivity index (χ0n) is 17.7. The Morgan fingerprint density at radius 2 is 1.34 bits per heavy atom. The fourth-order valence-electron chi connectivity index (χ4n) is 3.50. The molecule has 9 heteroatoms. The van der Waals surface area contributed by atoms with Gasteiger partial charge in [-0.1, -0.05) is 23.2 Å². The highest BCUT2D eigenvalue weighted by Gasteiger charge is 2.24. The molecule has 2 aromatic rings. The van der Waals surface area contributed by atoms with Gasteiger partial charge in [0.15, 0.2) is 24.7 Å². The van der Waals surface area contributed by atoms with E-state index in [1.165, 1.54) is 7.11 Å². The maximum atomic E-state index is 12.3. The van der Waals surface area contributed by atoms with E-state index < -0.39 is 0 Å². The van der Waals surface area contributed by atoms with Crippen molar-refractivity contribution in [3.05, 3.63) is 52.5 Å². The van der Waals surface area contributed by atoms with Crippen molar-refractivity contribution in [2.75, 3.05) is 20.3 Å². The molecule has 0 aromatic heterocycles. The molecule has 0 bridgehead atoms. The maximum Gasteiger partial charge on any atom is 0.258 e. The number of nitrogens with one attached hydrogen (secondary N) is 2. The normalized spacial score (nSPS) is 17.8. The van der Waals surface area contributed by atoms with Crippen molar-refractivity contribution in [1.29, 1.82) is 0 Å². The van der Waals surface area contributed by atoms with E-state index in [-0.39, 0.29) is 37.1 Å². The van der Waals surface area contributed by atoms with Gasteiger partial charge in [-0.05, 0) is 62.1 Å². The number of halogens is 2. The molecule has 1 fully saturated rings. The molecule has 172 valence electrons. The summed E-state index contributed by atoms with van der Waals surface area (Å²) in [6, 6.07) is 11.9. The zero-order valence-corrected chi connectivity index (χ0v) is 19.2. The molecule has 0 saturated heterocycles. The lowest BCUT2D eigenvalue weighted by molar-refractivity contribution is -0.125. The fraction of sp³-hybridized carbons (Fsp3) is 0.391. The summed E-state index contributed by atoms with van der Waals surface area (Å²) in [4.78, 5) is 24.4. The minimum Gasteiger partial charge on any atom is -0.493 e. The zero-order chi connectivity index (χ0) is 22.9. The fourth-order valence-corrected chi connectivity index (χ4v) is 3.79. The van der Waals surface area contributed by atoms with E-state index in [0.29, 0.717) is 27.3 Å². The second-order valence-electron chi connectivity index (χ2n) is 7.51. The number of hydrogen-bond donors (Lipinski definition) is 2. The standard InChI is InChI=1S/C23H26Cl2N2O5/c1-30-21-12-16(25)4-11-20(21)32-14-23(29)27-18-7-5-17(6-8-18)26-22(28)13-31-19-9-2-15(24)3-10-19/h2-4,9-12,17-18H,5-8,13-14H2,1H3,(H,26,28)(H,27,29)/t17-,18-. The predicted octanol–water partition coefficient (Wildman–Crippen LogP) is 4.00. The van der Waals surface area contributed by atoms with Gasteiger partial charge < -0.3 is 24.8 Å². The molecule has 2 aromatic carbocycles. The summed E-state index contributed by atoms with van der Waals surface area (Å²) in [7, 11) is 1.51. The second-order valence-corrected chi connectivity index (χ2v) is 8.38. The maximum absolute atomic E-state index is 12.3. The summed E-state index contributed by atoms with van der Waals surface area (Å²) in [5.41, 5.74) is 0. The summed E-state index contributed by atoms with van der Waals surface area (Å²) >= 11 is 11.8. The molecule has 1 saturated carbocycles. The third-order valence-electron chi connectivity index (χ3n) is 5.13. The molecule has 0 radical (unpaired) electrons. The van der Waals surface area contributed by atoms with Crippen LogP contribution in [-0.2, 0) is 9.59 Å². The lowest BCUT2D eigenvalue weighted by Gasteiger charge is -2.29. The molecule has 2 amide bonds. The van der Waals surface area contributed by atoms with Crippen molar-refractivity contribution in [2.24, 2.45) is 0 Å². The third kappa shape index (κ3) is 7.50. The second kappa shape index (κ2) is 11.8. The van der Waals surface area contributed by atoms with Crippen LogP contribution in [0, 0.1) is 0 Å². The SMILES string of the molecule is COc1cc(Cl)ccc1OCC(=O)N[C@H]1CC[C@H](NC(=O)COc2ccc(Cl)cc2)CC1. The van der Waals surface area contributed by atoms with E-state index in [0.717, 1.165) is 25.7 Å². The molecule has 3 rings (SSSR count). The molecule has 0 heterocycles. The average molecular weight is 481 g/mol. The van der Waals surface area contributed by atoms with E-state index in [1.807, 2.05) is 0 Å². The molecule has 0 unspecified atom stereocenters. The number of amides is 2. The highest BCUT2D eigenvalue weighted by molar-refractivity contribution is 6.31. The van der Waals surface area contributed by atoms with Crippen molar-refractivity contribution in [2.45, 2.75) is 37.8 Å². The number of hydrogen-bond acceptors (Lipinski definition) is 5. The van der Waals surface area contributed by atoms with Gasteiger partial charge in [0, 0.05) is 28.2 Å². The van der Waals surface area contributed by atoms with Crippen LogP contribution in [0.4, 0.5) is 0 Å². The van der Waals surface area contributed by atoms with Crippen LogP contribution in [0.2, 0.25) is 10.0 Å². The number of rotatable bonds is 9. The van der Waals surface area contributed by atoms with Crippen molar-refractivity contribution < 1.29 is 23.8 Å². The Bertz CT molecular complexity index is 915. The summed E-state index contributed by atoms with van der Waals surface area (Å²) in [5, 5.41) is 7.11. The van der Waals surface area contributed by atoms with Gasteiger partial charge in [0.25, 0.3) is 11.8 Å². The lowest BCUT2D eigenvalue weighted by Crippen LogP contribution is -2.45. The van der Waals surface area contributed by atoms with E-state index in [9.17, 15) is 9.59 Å². The van der Waals surface area contributed by atoms with E-state index in [4.69, 9.17) is 37.4 Å². The highest BCUT2D eigenvalue weighted by atomic mass is 35.5. The van der Waals surface area contributed by atoms with Crippen LogP contribution in [0.5, 0.6) is 17.2 Å². The summed E-state index contributed by atoms with van der Waals surface area (Å²) in [6.07, 6.45) is 3.12. The van der Waals surface area contributed by atoms with E-state index in [1.54, 1.807) is 42.5 Å². The van der Waals surface area contributed by atoms with E-state index >= 15 is 0 Å². The Morgan fingerprint density at radius 3 is 1.91 bits per heavy atom. The molecule has 0 atom stereocenters. The first-order valence-corrected chi connectivity index (χ1v) is 11.1. The van der Waals surface area contributed by atoms with Gasteiger partial charge in [-0.25, -0.2) is 0 Å². The number of benzene rings is 2. The minimum atomic E-state index is -0.203. The van der Waals surface area contributed by atoms with Crippen LogP contribution in [-0.4, -0.2) is 44.2 Å². The van der Waals surface area contributed by atoms with Gasteiger partial charge in [0.1, 0.15) is 5.75 Å². The van der Waals surface area contributed by atoms with Gasteiger partial charge in [-0.2, -0.15) is 0 Å². The van der Waals surface area contributed by atoms with Gasteiger partial charge in [0.05, 0.1) is 7.11 Å². The molecular weight excluding hydrogens is 455 g/mol. The Hall–Kier alpha value is -2.64. The van der Waals surface area contributed by atoms with Gasteiger partial charge >= 0.3 is 0 Å². The molecule has 2 N–H and O–H groups in total.